The summed E-state index contributed by atoms with van der Waals surface area (Å²) < 4.78 is 13.3. The Bertz CT molecular complexity index is 850. The minimum Gasteiger partial charge on any atom is -0.395 e. The smallest absolute Gasteiger partial charge is 0.278 e. The highest BCUT2D eigenvalue weighted by atomic mass is 19.1. The Morgan fingerprint density at radius 2 is 1.88 bits per heavy atom. The van der Waals surface area contributed by atoms with E-state index in [0.717, 1.165) is 10.5 Å². The average Bonchev–Trinajstić information content (AvgIpc) is 2.88. The van der Waals surface area contributed by atoms with Crippen LogP contribution in [0.3, 0.4) is 0 Å². The number of benzene rings is 1. The van der Waals surface area contributed by atoms with Crippen molar-refractivity contribution in [3.05, 3.63) is 71.4 Å². The monoisotopic (exact) mass is 355 g/mol. The van der Waals surface area contributed by atoms with Gasteiger partial charge in [-0.05, 0) is 29.3 Å². The molecule has 0 spiro atoms. The normalized spacial score (nSPS) is 14.3. The number of hydrogen-bond acceptors (Lipinski definition) is 5. The summed E-state index contributed by atoms with van der Waals surface area (Å²) in [7, 11) is 1.63. The third-order valence-corrected chi connectivity index (χ3v) is 4.16. The molecule has 3 rings (SSSR count). The van der Waals surface area contributed by atoms with Crippen LogP contribution in [0.1, 0.15) is 11.1 Å². The Labute approximate surface area is 150 Å². The number of amides is 2. The van der Waals surface area contributed by atoms with E-state index in [0.29, 0.717) is 5.56 Å². The van der Waals surface area contributed by atoms with E-state index >= 15 is 0 Å². The van der Waals surface area contributed by atoms with Gasteiger partial charge < -0.3 is 10.0 Å². The first-order chi connectivity index (χ1) is 12.5. The quantitative estimate of drug-likeness (QED) is 0.794. The van der Waals surface area contributed by atoms with E-state index < -0.39 is 17.6 Å². The number of likely N-dealkylation sites (N-methyl/N-ethyl adjacent to an activating group) is 1. The predicted molar refractivity (Wildman–Crippen MR) is 92.8 cm³/mol. The van der Waals surface area contributed by atoms with E-state index in [1.54, 1.807) is 36.5 Å². The molecule has 0 aliphatic carbocycles. The van der Waals surface area contributed by atoms with E-state index in [2.05, 4.69) is 4.98 Å². The van der Waals surface area contributed by atoms with Gasteiger partial charge in [0.05, 0.1) is 18.7 Å². The number of carbonyl (C=O) groups is 2. The number of pyridine rings is 1. The second-order valence-electron chi connectivity index (χ2n) is 5.93. The minimum atomic E-state index is -0.453. The lowest BCUT2D eigenvalue weighted by Crippen LogP contribution is -2.34. The molecular formula is C19H18FN3O3. The summed E-state index contributed by atoms with van der Waals surface area (Å²) in [4.78, 5) is 32.6. The third kappa shape index (κ3) is 3.34. The molecule has 6 nitrogen and oxygen atoms in total. The van der Waals surface area contributed by atoms with Crippen LogP contribution in [-0.2, 0) is 16.1 Å². The molecule has 0 atom stereocenters. The fourth-order valence-corrected chi connectivity index (χ4v) is 2.87. The van der Waals surface area contributed by atoms with Crippen molar-refractivity contribution in [3.8, 4) is 0 Å². The minimum absolute atomic E-state index is 0.0899. The van der Waals surface area contributed by atoms with Crippen LogP contribution in [0.2, 0.25) is 0 Å². The van der Waals surface area contributed by atoms with E-state index in [1.165, 1.54) is 24.3 Å². The van der Waals surface area contributed by atoms with Crippen LogP contribution in [0.25, 0.3) is 5.57 Å². The van der Waals surface area contributed by atoms with Gasteiger partial charge >= 0.3 is 0 Å². The molecule has 2 aromatic rings. The lowest BCUT2D eigenvalue weighted by atomic mass is 10.0. The van der Waals surface area contributed by atoms with Crippen LogP contribution in [0.15, 0.2) is 54.5 Å². The van der Waals surface area contributed by atoms with Crippen molar-refractivity contribution in [2.45, 2.75) is 6.54 Å². The molecule has 26 heavy (non-hydrogen) atoms. The third-order valence-electron chi connectivity index (χ3n) is 4.16. The number of rotatable bonds is 6. The highest BCUT2D eigenvalue weighted by Crippen LogP contribution is 2.32. The highest BCUT2D eigenvalue weighted by Gasteiger charge is 2.40. The summed E-state index contributed by atoms with van der Waals surface area (Å²) in [6.45, 7) is 0.118. The van der Waals surface area contributed by atoms with Gasteiger partial charge in [0.25, 0.3) is 11.8 Å². The molecule has 0 saturated carbocycles. The standard InChI is InChI=1S/C19H18FN3O3/c1-22(9-10-24)17-16(14-4-6-15(20)7-5-14)18(25)23(19(17)26)12-13-3-2-8-21-11-13/h2-8,11,24H,9-10,12H2,1H3. The number of aliphatic hydroxyl groups is 1. The maximum Gasteiger partial charge on any atom is 0.278 e. The lowest BCUT2D eigenvalue weighted by Gasteiger charge is -2.20. The van der Waals surface area contributed by atoms with Crippen molar-refractivity contribution in [2.24, 2.45) is 0 Å². The molecule has 0 unspecified atom stereocenters. The van der Waals surface area contributed by atoms with Crippen molar-refractivity contribution >= 4 is 17.4 Å². The first-order valence-corrected chi connectivity index (χ1v) is 8.10. The lowest BCUT2D eigenvalue weighted by molar-refractivity contribution is -0.138. The molecule has 1 aliphatic heterocycles. The van der Waals surface area contributed by atoms with Gasteiger partial charge in [-0.3, -0.25) is 19.5 Å². The fourth-order valence-electron chi connectivity index (χ4n) is 2.87. The molecule has 1 aromatic heterocycles. The molecule has 7 heteroatoms. The van der Waals surface area contributed by atoms with Gasteiger partial charge in [-0.25, -0.2) is 4.39 Å². The molecule has 0 bridgehead atoms. The molecule has 1 aliphatic rings. The van der Waals surface area contributed by atoms with Gasteiger partial charge in [0.2, 0.25) is 0 Å². The van der Waals surface area contributed by atoms with Gasteiger partial charge in [0.1, 0.15) is 11.5 Å². The Balaban J connectivity index is 2.01. The zero-order valence-corrected chi connectivity index (χ0v) is 14.2. The predicted octanol–water partition coefficient (Wildman–Crippen LogP) is 1.42. The zero-order chi connectivity index (χ0) is 18.7. The first kappa shape index (κ1) is 17.8. The van der Waals surface area contributed by atoms with Gasteiger partial charge in [0, 0.05) is 26.0 Å². The van der Waals surface area contributed by atoms with E-state index in [9.17, 15) is 19.1 Å². The zero-order valence-electron chi connectivity index (χ0n) is 14.2. The van der Waals surface area contributed by atoms with Crippen LogP contribution in [0.5, 0.6) is 0 Å². The van der Waals surface area contributed by atoms with E-state index in [-0.39, 0.29) is 31.0 Å². The number of aromatic nitrogens is 1. The Kier molecular flexibility index (Phi) is 5.09. The first-order valence-electron chi connectivity index (χ1n) is 8.10. The van der Waals surface area contributed by atoms with Crippen LogP contribution in [0.4, 0.5) is 4.39 Å². The molecule has 134 valence electrons. The number of aliphatic hydroxyl groups excluding tert-OH is 1. The van der Waals surface area contributed by atoms with Crippen molar-refractivity contribution < 1.29 is 19.1 Å². The Hall–Kier alpha value is -3.06. The molecule has 1 aromatic carbocycles. The maximum atomic E-state index is 13.3. The average molecular weight is 355 g/mol. The molecule has 0 fully saturated rings. The number of halogens is 1. The number of hydrogen-bond donors (Lipinski definition) is 1. The Morgan fingerprint density at radius 1 is 1.15 bits per heavy atom. The molecular weight excluding hydrogens is 337 g/mol. The molecule has 2 heterocycles. The molecule has 2 amide bonds. The van der Waals surface area contributed by atoms with Gasteiger partial charge in [0.15, 0.2) is 0 Å². The summed E-state index contributed by atoms with van der Waals surface area (Å²) in [5, 5.41) is 9.21. The van der Waals surface area contributed by atoms with Gasteiger partial charge in [-0.1, -0.05) is 18.2 Å². The van der Waals surface area contributed by atoms with Gasteiger partial charge in [-0.15, -0.1) is 0 Å². The van der Waals surface area contributed by atoms with Crippen LogP contribution >= 0.6 is 0 Å². The summed E-state index contributed by atoms with van der Waals surface area (Å²) >= 11 is 0. The Morgan fingerprint density at radius 3 is 2.50 bits per heavy atom. The number of carbonyl (C=O) groups excluding carboxylic acids is 2. The fraction of sp³-hybridized carbons (Fsp3) is 0.211. The number of nitrogens with zero attached hydrogens (tertiary/aromatic N) is 3. The van der Waals surface area contributed by atoms with Crippen LogP contribution in [-0.4, -0.2) is 51.9 Å². The van der Waals surface area contributed by atoms with Crippen LogP contribution in [0, 0.1) is 5.82 Å². The summed E-state index contributed by atoms with van der Waals surface area (Å²) in [5.74, 6) is -1.33. The van der Waals surface area contributed by atoms with Crippen molar-refractivity contribution in [1.29, 1.82) is 0 Å². The van der Waals surface area contributed by atoms with Gasteiger partial charge in [-0.2, -0.15) is 0 Å². The summed E-state index contributed by atoms with van der Waals surface area (Å²) in [5.41, 5.74) is 1.58. The SMILES string of the molecule is CN(CCO)C1=C(c2ccc(F)cc2)C(=O)N(Cc2cccnc2)C1=O. The summed E-state index contributed by atoms with van der Waals surface area (Å²) in [6, 6.07) is 8.93. The topological polar surface area (TPSA) is 73.7 Å². The second-order valence-corrected chi connectivity index (χ2v) is 5.93. The largest absolute Gasteiger partial charge is 0.395 e. The second kappa shape index (κ2) is 7.45. The maximum absolute atomic E-state index is 13.3. The van der Waals surface area contributed by atoms with Crippen molar-refractivity contribution in [2.75, 3.05) is 20.2 Å². The molecule has 1 N–H and O–H groups in total. The van der Waals surface area contributed by atoms with Crippen molar-refractivity contribution in [1.82, 2.24) is 14.8 Å². The highest BCUT2D eigenvalue weighted by molar-refractivity contribution is 6.35. The summed E-state index contributed by atoms with van der Waals surface area (Å²) in [6.07, 6.45) is 3.20. The molecule has 0 radical (unpaired) electrons. The van der Waals surface area contributed by atoms with E-state index in [4.69, 9.17) is 0 Å². The van der Waals surface area contributed by atoms with E-state index in [1.807, 2.05) is 0 Å². The number of imide groups is 1. The molecule has 0 saturated heterocycles. The van der Waals surface area contributed by atoms with Crippen molar-refractivity contribution in [3.63, 3.8) is 0 Å². The van der Waals surface area contributed by atoms with Crippen LogP contribution < -0.4 is 0 Å².